The number of aromatic nitrogens is 5. The van der Waals surface area contributed by atoms with E-state index in [1.807, 2.05) is 35.9 Å². The van der Waals surface area contributed by atoms with Gasteiger partial charge < -0.3 is 4.98 Å². The monoisotopic (exact) mass is 472 g/mol. The van der Waals surface area contributed by atoms with E-state index in [9.17, 15) is 4.79 Å². The Hall–Kier alpha value is -3.32. The van der Waals surface area contributed by atoms with Gasteiger partial charge in [-0.15, -0.1) is 5.10 Å². The number of H-pyrrole nitrogens is 1. The van der Waals surface area contributed by atoms with Crippen LogP contribution in [0, 0.1) is 19.8 Å². The first kappa shape index (κ1) is 24.8. The molecule has 0 aliphatic rings. The van der Waals surface area contributed by atoms with Crippen molar-refractivity contribution < 1.29 is 0 Å². The van der Waals surface area contributed by atoms with Crippen molar-refractivity contribution in [2.45, 2.75) is 73.1 Å². The summed E-state index contributed by atoms with van der Waals surface area (Å²) in [5.74, 6) is 1.03. The maximum atomic E-state index is 13.2. The molecule has 2 aromatic carbocycles. The van der Waals surface area contributed by atoms with E-state index in [-0.39, 0.29) is 23.1 Å². The highest BCUT2D eigenvalue weighted by Crippen LogP contribution is 2.32. The van der Waals surface area contributed by atoms with Crippen molar-refractivity contribution in [3.8, 4) is 0 Å². The average Bonchev–Trinajstić information content (AvgIpc) is 3.26. The van der Waals surface area contributed by atoms with Crippen molar-refractivity contribution >= 4 is 10.9 Å². The molecule has 2 heterocycles. The summed E-state index contributed by atoms with van der Waals surface area (Å²) in [6, 6.07) is 16.6. The molecule has 7 heteroatoms. The van der Waals surface area contributed by atoms with E-state index in [4.69, 9.17) is 0 Å². The molecule has 0 saturated heterocycles. The van der Waals surface area contributed by atoms with Crippen molar-refractivity contribution in [3.63, 3.8) is 0 Å². The predicted octanol–water partition coefficient (Wildman–Crippen LogP) is 5.29. The van der Waals surface area contributed by atoms with Crippen LogP contribution in [0.1, 0.15) is 68.7 Å². The molecule has 0 aliphatic carbocycles. The second-order valence-electron chi connectivity index (χ2n) is 10.9. The molecule has 184 valence electrons. The summed E-state index contributed by atoms with van der Waals surface area (Å²) in [6.07, 6.45) is 0. The van der Waals surface area contributed by atoms with E-state index in [2.05, 4.69) is 91.2 Å². The van der Waals surface area contributed by atoms with Gasteiger partial charge in [-0.2, -0.15) is 0 Å². The second-order valence-corrected chi connectivity index (χ2v) is 10.9. The molecule has 0 aliphatic heterocycles. The van der Waals surface area contributed by atoms with Crippen molar-refractivity contribution in [1.82, 2.24) is 30.1 Å². The number of aromatic amines is 1. The summed E-state index contributed by atoms with van der Waals surface area (Å²) in [4.78, 5) is 18.6. The topological polar surface area (TPSA) is 79.7 Å². The van der Waals surface area contributed by atoms with Crippen LogP contribution < -0.4 is 5.56 Å². The number of para-hydroxylation sites is 1. The van der Waals surface area contributed by atoms with E-state index in [0.29, 0.717) is 13.1 Å². The Morgan fingerprint density at radius 1 is 1.03 bits per heavy atom. The summed E-state index contributed by atoms with van der Waals surface area (Å²) in [6.45, 7) is 15.9. The minimum absolute atomic E-state index is 0.0568. The number of tetrazole rings is 1. The molecule has 35 heavy (non-hydrogen) atoms. The fraction of sp³-hybridized carbons (Fsp3) is 0.429. The van der Waals surface area contributed by atoms with Crippen LogP contribution in [0.4, 0.5) is 0 Å². The van der Waals surface area contributed by atoms with E-state index >= 15 is 0 Å². The molecule has 0 bridgehead atoms. The molecule has 1 N–H and O–H groups in total. The molecule has 0 radical (unpaired) electrons. The molecule has 0 amide bonds. The normalized spacial score (nSPS) is 13.2. The zero-order chi connectivity index (χ0) is 25.3. The van der Waals surface area contributed by atoms with Crippen LogP contribution in [0.15, 0.2) is 53.3 Å². The Morgan fingerprint density at radius 3 is 2.40 bits per heavy atom. The lowest BCUT2D eigenvalue weighted by Gasteiger charge is -2.35. The first-order chi connectivity index (χ1) is 16.5. The van der Waals surface area contributed by atoms with E-state index in [1.165, 1.54) is 11.1 Å². The van der Waals surface area contributed by atoms with Gasteiger partial charge in [-0.25, -0.2) is 4.68 Å². The highest BCUT2D eigenvalue weighted by Gasteiger charge is 2.33. The number of fused-ring (bicyclic) bond motifs is 1. The molecule has 4 aromatic rings. The summed E-state index contributed by atoms with van der Waals surface area (Å²) in [5.41, 5.74) is 4.77. The van der Waals surface area contributed by atoms with Crippen LogP contribution in [-0.2, 0) is 18.6 Å². The van der Waals surface area contributed by atoms with Crippen molar-refractivity contribution in [3.05, 3.63) is 87.0 Å². The molecule has 7 nitrogen and oxygen atoms in total. The minimum atomic E-state index is -0.264. The molecular weight excluding hydrogens is 436 g/mol. The maximum absolute atomic E-state index is 13.2. The Balaban J connectivity index is 1.81. The smallest absolute Gasteiger partial charge is 0.252 e. The summed E-state index contributed by atoms with van der Waals surface area (Å²) in [7, 11) is 0. The van der Waals surface area contributed by atoms with Gasteiger partial charge in [-0.3, -0.25) is 9.69 Å². The van der Waals surface area contributed by atoms with E-state index in [0.717, 1.165) is 27.9 Å². The van der Waals surface area contributed by atoms with Crippen molar-refractivity contribution in [2.24, 2.45) is 5.92 Å². The predicted molar refractivity (Wildman–Crippen MR) is 140 cm³/mol. The minimum Gasteiger partial charge on any atom is -0.321 e. The molecule has 0 saturated carbocycles. The van der Waals surface area contributed by atoms with Crippen LogP contribution in [0.2, 0.25) is 0 Å². The molecule has 0 spiro atoms. The number of nitrogens with zero attached hydrogens (tertiary/aromatic N) is 5. The third kappa shape index (κ3) is 5.35. The highest BCUT2D eigenvalue weighted by atomic mass is 16.1. The standard InChI is InChI=1S/C28H36N6O/c1-18(2)25(26-30-31-32-34(26)28(5,6)7)33(16-21-13-11-19(3)12-14-21)17-23-15-22-10-8-9-20(4)24(22)29-27(23)35/h8-15,18,25H,16-17H2,1-7H3,(H,29,35)/t25-/m1/s1. The van der Waals surface area contributed by atoms with Crippen molar-refractivity contribution in [1.29, 1.82) is 0 Å². The fourth-order valence-electron chi connectivity index (χ4n) is 4.68. The van der Waals surface area contributed by atoms with E-state index in [1.54, 1.807) is 0 Å². The maximum Gasteiger partial charge on any atom is 0.252 e. The third-order valence-electron chi connectivity index (χ3n) is 6.46. The molecule has 0 fully saturated rings. The number of pyridine rings is 1. The number of rotatable bonds is 7. The molecular formula is C28H36N6O. The summed E-state index contributed by atoms with van der Waals surface area (Å²) < 4.78 is 1.91. The molecule has 0 unspecified atom stereocenters. The van der Waals surface area contributed by atoms with Gasteiger partial charge >= 0.3 is 0 Å². The van der Waals surface area contributed by atoms with Gasteiger partial charge in [0, 0.05) is 18.7 Å². The van der Waals surface area contributed by atoms with Crippen LogP contribution in [-0.4, -0.2) is 30.1 Å². The van der Waals surface area contributed by atoms with Crippen molar-refractivity contribution in [2.75, 3.05) is 0 Å². The van der Waals surface area contributed by atoms with Crippen LogP contribution in [0.25, 0.3) is 10.9 Å². The highest BCUT2D eigenvalue weighted by molar-refractivity contribution is 5.81. The van der Waals surface area contributed by atoms with Gasteiger partial charge in [0.15, 0.2) is 5.82 Å². The Kier molecular flexibility index (Phi) is 6.90. The van der Waals surface area contributed by atoms with Gasteiger partial charge in [-0.05, 0) is 73.5 Å². The number of benzene rings is 2. The van der Waals surface area contributed by atoms with Gasteiger partial charge in [-0.1, -0.05) is 61.9 Å². The largest absolute Gasteiger partial charge is 0.321 e. The van der Waals surface area contributed by atoms with Gasteiger partial charge in [0.05, 0.1) is 17.1 Å². The Morgan fingerprint density at radius 2 is 1.74 bits per heavy atom. The molecule has 2 aromatic heterocycles. The zero-order valence-corrected chi connectivity index (χ0v) is 21.8. The fourth-order valence-corrected chi connectivity index (χ4v) is 4.68. The van der Waals surface area contributed by atoms with Gasteiger partial charge in [0.1, 0.15) is 0 Å². The lowest BCUT2D eigenvalue weighted by molar-refractivity contribution is 0.119. The van der Waals surface area contributed by atoms with Crippen LogP contribution in [0.5, 0.6) is 0 Å². The van der Waals surface area contributed by atoms with Crippen LogP contribution >= 0.6 is 0 Å². The number of hydrogen-bond donors (Lipinski definition) is 1. The van der Waals surface area contributed by atoms with Gasteiger partial charge in [0.2, 0.25) is 0 Å². The quantitative estimate of drug-likeness (QED) is 0.396. The molecule has 4 rings (SSSR count). The molecule has 1 atom stereocenters. The lowest BCUT2D eigenvalue weighted by atomic mass is 9.98. The number of nitrogens with one attached hydrogen (secondary N) is 1. The first-order valence-corrected chi connectivity index (χ1v) is 12.2. The summed E-state index contributed by atoms with van der Waals surface area (Å²) in [5, 5.41) is 13.9. The average molecular weight is 473 g/mol. The Labute approximate surface area is 207 Å². The zero-order valence-electron chi connectivity index (χ0n) is 21.8. The summed E-state index contributed by atoms with van der Waals surface area (Å²) >= 11 is 0. The number of hydrogen-bond acceptors (Lipinski definition) is 5. The first-order valence-electron chi connectivity index (χ1n) is 12.2. The number of aryl methyl sites for hydroxylation is 2. The lowest BCUT2D eigenvalue weighted by Crippen LogP contribution is -2.37. The van der Waals surface area contributed by atoms with Crippen LogP contribution in [0.3, 0.4) is 0 Å². The van der Waals surface area contributed by atoms with Gasteiger partial charge in [0.25, 0.3) is 5.56 Å². The SMILES string of the molecule is Cc1ccc(CN(Cc2cc3cccc(C)c3[nH]c2=O)[C@@H](c2nnnn2C(C)(C)C)C(C)C)cc1. The second kappa shape index (κ2) is 9.74. The Bertz CT molecular complexity index is 1360. The van der Waals surface area contributed by atoms with E-state index < -0.39 is 0 Å². The third-order valence-corrected chi connectivity index (χ3v) is 6.46.